The summed E-state index contributed by atoms with van der Waals surface area (Å²) in [4.78, 5) is 14.0. The Kier molecular flexibility index (Phi) is 8.61. The van der Waals surface area contributed by atoms with E-state index in [0.29, 0.717) is 46.2 Å². The van der Waals surface area contributed by atoms with Gasteiger partial charge in [0.05, 0.1) is 24.5 Å². The van der Waals surface area contributed by atoms with Gasteiger partial charge in [0, 0.05) is 56.2 Å². The van der Waals surface area contributed by atoms with E-state index in [1.165, 1.54) is 6.33 Å². The molecule has 2 N–H and O–H groups in total. The smallest absolute Gasteiger partial charge is 0.393 e. The van der Waals surface area contributed by atoms with Crippen LogP contribution < -0.4 is 5.32 Å². The summed E-state index contributed by atoms with van der Waals surface area (Å²) in [7, 11) is 1.59. The van der Waals surface area contributed by atoms with Crippen molar-refractivity contribution in [3.05, 3.63) is 29.0 Å². The van der Waals surface area contributed by atoms with Crippen LogP contribution in [0.25, 0.3) is 10.2 Å². The molecule has 3 aliphatic rings. The number of allylic oxidation sites excluding steroid dienone is 1. The predicted octanol–water partition coefficient (Wildman–Crippen LogP) is 4.19. The highest BCUT2D eigenvalue weighted by molar-refractivity contribution is 7.18. The van der Waals surface area contributed by atoms with Crippen LogP contribution in [0.5, 0.6) is 0 Å². The van der Waals surface area contributed by atoms with Gasteiger partial charge in [-0.3, -0.25) is 0 Å². The number of hydrogen-bond acceptors (Lipinski definition) is 9. The normalized spacial score (nSPS) is 25.4. The van der Waals surface area contributed by atoms with E-state index in [-0.39, 0.29) is 23.6 Å². The van der Waals surface area contributed by atoms with Crippen molar-refractivity contribution in [3.8, 4) is 6.07 Å². The molecule has 0 bridgehead atoms. The molecule has 5 rings (SSSR count). The number of anilines is 1. The summed E-state index contributed by atoms with van der Waals surface area (Å²) in [5, 5.41) is 23.3. The first-order valence-electron chi connectivity index (χ1n) is 13.6. The van der Waals surface area contributed by atoms with Crippen molar-refractivity contribution in [2.75, 3.05) is 45.2 Å². The van der Waals surface area contributed by atoms with Crippen molar-refractivity contribution in [1.29, 1.82) is 5.26 Å². The summed E-state index contributed by atoms with van der Waals surface area (Å²) in [6.07, 6.45) is 3.11. The number of piperidine rings is 1. The molecule has 2 aliphatic heterocycles. The number of ether oxygens (including phenoxy) is 1. The number of hydrogen-bond donors (Lipinski definition) is 2. The van der Waals surface area contributed by atoms with Crippen LogP contribution in [0, 0.1) is 23.2 Å². The van der Waals surface area contributed by atoms with Crippen molar-refractivity contribution in [3.63, 3.8) is 0 Å². The number of alkyl halides is 3. The Hall–Kier alpha value is -2.46. The molecule has 4 atom stereocenters. The number of halogens is 3. The number of nitrogens with zero attached hydrogens (tertiary/aromatic N) is 5. The number of methoxy groups -OCH3 is 1. The molecule has 0 amide bonds. The number of fused-ring (bicyclic) bond motifs is 2. The summed E-state index contributed by atoms with van der Waals surface area (Å²) in [5.74, 6) is 1.54. The summed E-state index contributed by atoms with van der Waals surface area (Å²) < 4.78 is 43.9. The van der Waals surface area contributed by atoms with E-state index in [2.05, 4.69) is 37.2 Å². The Balaban J connectivity index is 1.12. The number of nitrogens with one attached hydrogen (secondary N) is 1. The lowest BCUT2D eigenvalue weighted by molar-refractivity contribution is -0.126. The molecule has 2 aromatic heterocycles. The highest BCUT2D eigenvalue weighted by Gasteiger charge is 2.40. The number of thiophene rings is 1. The Morgan fingerprint density at radius 2 is 2.05 bits per heavy atom. The molecule has 1 saturated carbocycles. The van der Waals surface area contributed by atoms with Gasteiger partial charge in [0.1, 0.15) is 28.7 Å². The zero-order valence-electron chi connectivity index (χ0n) is 22.0. The van der Waals surface area contributed by atoms with Crippen molar-refractivity contribution in [2.24, 2.45) is 11.8 Å². The average molecular weight is 565 g/mol. The molecule has 12 heteroatoms. The van der Waals surface area contributed by atoms with Gasteiger partial charge < -0.3 is 25.0 Å². The van der Waals surface area contributed by atoms with E-state index >= 15 is 0 Å². The zero-order valence-corrected chi connectivity index (χ0v) is 22.8. The third-order valence-electron chi connectivity index (χ3n) is 8.30. The van der Waals surface area contributed by atoms with Crippen molar-refractivity contribution in [1.82, 2.24) is 19.8 Å². The first kappa shape index (κ1) is 28.1. The monoisotopic (exact) mass is 564 g/mol. The maximum atomic E-state index is 12.9. The highest BCUT2D eigenvalue weighted by Crippen LogP contribution is 2.40. The standard InChI is InChI=1S/C27H35F3N6O2S/c1-38-21(15-37)14-36-20(12-31)9-18-8-17(2-3-24(18)36)13-35-6-4-19(5-7-35)34-25-23-10-22(11-27(28,29)30)39-26(23)33-16-32-25/h9-10,16-19,21,24,37H,2-8,11,13-15H2,1H3,(H,32,33,34). The minimum absolute atomic E-state index is 0.0645. The van der Waals surface area contributed by atoms with E-state index in [0.717, 1.165) is 63.1 Å². The summed E-state index contributed by atoms with van der Waals surface area (Å²) >= 11 is 1.07. The predicted molar refractivity (Wildman–Crippen MR) is 143 cm³/mol. The maximum Gasteiger partial charge on any atom is 0.393 e. The fraction of sp³-hybridized carbons (Fsp3) is 0.667. The van der Waals surface area contributed by atoms with E-state index in [1.54, 1.807) is 13.2 Å². The minimum atomic E-state index is -4.24. The second-order valence-electron chi connectivity index (χ2n) is 10.9. The third kappa shape index (κ3) is 6.65. The Morgan fingerprint density at radius 3 is 2.74 bits per heavy atom. The van der Waals surface area contributed by atoms with Crippen molar-refractivity contribution >= 4 is 27.4 Å². The topological polar surface area (TPSA) is 97.5 Å². The lowest BCUT2D eigenvalue weighted by Gasteiger charge is -2.40. The van der Waals surface area contributed by atoms with Gasteiger partial charge in [-0.25, -0.2) is 9.97 Å². The number of rotatable bonds is 9. The van der Waals surface area contributed by atoms with Gasteiger partial charge in [0.2, 0.25) is 0 Å². The molecule has 1 aliphatic carbocycles. The number of likely N-dealkylation sites (tertiary alicyclic amines) is 1. The molecule has 8 nitrogen and oxygen atoms in total. The van der Waals surface area contributed by atoms with E-state index in [1.807, 2.05) is 0 Å². The summed E-state index contributed by atoms with van der Waals surface area (Å²) in [6, 6.07) is 4.42. The molecule has 4 heterocycles. The molecule has 0 spiro atoms. The Bertz CT molecular complexity index is 1200. The molecule has 212 valence electrons. The van der Waals surface area contributed by atoms with Gasteiger partial charge in [-0.15, -0.1) is 11.3 Å². The van der Waals surface area contributed by atoms with Gasteiger partial charge in [0.25, 0.3) is 0 Å². The molecule has 2 fully saturated rings. The summed E-state index contributed by atoms with van der Waals surface area (Å²) in [6.45, 7) is 3.41. The van der Waals surface area contributed by atoms with Gasteiger partial charge in [-0.2, -0.15) is 18.4 Å². The van der Waals surface area contributed by atoms with Crippen LogP contribution in [-0.2, 0) is 11.2 Å². The number of aliphatic hydroxyl groups excluding tert-OH is 1. The Morgan fingerprint density at radius 1 is 1.26 bits per heavy atom. The van der Waals surface area contributed by atoms with E-state index in [9.17, 15) is 23.5 Å². The summed E-state index contributed by atoms with van der Waals surface area (Å²) in [5.41, 5.74) is 0.697. The first-order chi connectivity index (χ1) is 18.8. The first-order valence-corrected chi connectivity index (χ1v) is 14.4. The average Bonchev–Trinajstić information content (AvgIpc) is 3.47. The van der Waals surface area contributed by atoms with Crippen LogP contribution in [0.3, 0.4) is 0 Å². The molecule has 4 unspecified atom stereocenters. The number of nitriles is 1. The van der Waals surface area contributed by atoms with Crippen LogP contribution in [0.15, 0.2) is 24.2 Å². The van der Waals surface area contributed by atoms with Crippen LogP contribution >= 0.6 is 11.3 Å². The quantitative estimate of drug-likeness (QED) is 0.468. The lowest BCUT2D eigenvalue weighted by atomic mass is 9.78. The van der Waals surface area contributed by atoms with Gasteiger partial charge >= 0.3 is 6.18 Å². The zero-order chi connectivity index (χ0) is 27.6. The molecule has 2 aromatic rings. The van der Waals surface area contributed by atoms with Crippen LogP contribution in [-0.4, -0.2) is 89.1 Å². The van der Waals surface area contributed by atoms with Crippen LogP contribution in [0.2, 0.25) is 0 Å². The van der Waals surface area contributed by atoms with Crippen LogP contribution in [0.4, 0.5) is 19.0 Å². The fourth-order valence-electron chi connectivity index (χ4n) is 6.37. The number of aromatic nitrogens is 2. The second-order valence-corrected chi connectivity index (χ2v) is 12.0. The maximum absolute atomic E-state index is 12.9. The molecule has 0 aromatic carbocycles. The fourth-order valence-corrected chi connectivity index (χ4v) is 7.40. The van der Waals surface area contributed by atoms with Crippen molar-refractivity contribution < 1.29 is 23.0 Å². The third-order valence-corrected chi connectivity index (χ3v) is 9.35. The molecular formula is C27H35F3N6O2S. The minimum Gasteiger partial charge on any atom is -0.394 e. The van der Waals surface area contributed by atoms with Crippen molar-refractivity contribution in [2.45, 2.75) is 62.9 Å². The number of aliphatic hydroxyl groups is 1. The largest absolute Gasteiger partial charge is 0.394 e. The molecular weight excluding hydrogens is 529 g/mol. The Labute approximate surface area is 230 Å². The van der Waals surface area contributed by atoms with Crippen LogP contribution in [0.1, 0.15) is 37.0 Å². The highest BCUT2D eigenvalue weighted by atomic mass is 32.1. The molecule has 1 saturated heterocycles. The molecule has 39 heavy (non-hydrogen) atoms. The SMILES string of the molecule is COC(CO)CN1C(C#N)=CC2CC(CN3CCC(Nc4ncnc5sc(CC(F)(F)F)cc45)CC3)CCC21. The van der Waals surface area contributed by atoms with E-state index < -0.39 is 12.6 Å². The van der Waals surface area contributed by atoms with Gasteiger partial charge in [-0.05, 0) is 50.2 Å². The van der Waals surface area contributed by atoms with Gasteiger partial charge in [-0.1, -0.05) is 0 Å². The van der Waals surface area contributed by atoms with Gasteiger partial charge in [0.15, 0.2) is 0 Å². The second kappa shape index (κ2) is 12.0. The van der Waals surface area contributed by atoms with E-state index in [4.69, 9.17) is 4.74 Å². The lowest BCUT2D eigenvalue weighted by Crippen LogP contribution is -2.45. The molecule has 0 radical (unpaired) electrons.